The van der Waals surface area contributed by atoms with Crippen molar-refractivity contribution in [2.45, 2.75) is 18.9 Å². The second kappa shape index (κ2) is 6.70. The normalized spacial score (nSPS) is 24.6. The molecule has 0 spiro atoms. The first kappa shape index (κ1) is 14.1. The maximum absolute atomic E-state index is 6.05. The molecule has 1 atom stereocenters. The third kappa shape index (κ3) is 3.05. The summed E-state index contributed by atoms with van der Waals surface area (Å²) in [7, 11) is 0. The van der Waals surface area contributed by atoms with Crippen LogP contribution in [0.25, 0.3) is 0 Å². The number of hydrogen-bond acceptors (Lipinski definition) is 3. The molecule has 108 valence electrons. The van der Waals surface area contributed by atoms with Crippen LogP contribution in [0.15, 0.2) is 24.3 Å². The van der Waals surface area contributed by atoms with Gasteiger partial charge in [-0.05, 0) is 43.4 Å². The molecule has 2 aliphatic rings. The standard InChI is InChI=1S/C17H25N3/c18-14-17-16-7-3-2-6-15(16)8-11-20(17)13-12-19-9-4-1-5-10-19/h1-4,6-7,17H,5,8-14,18H2. The molecular weight excluding hydrogens is 246 g/mol. The fourth-order valence-electron chi connectivity index (χ4n) is 3.41. The highest BCUT2D eigenvalue weighted by Gasteiger charge is 2.26. The molecule has 3 nitrogen and oxygen atoms in total. The third-order valence-corrected chi connectivity index (χ3v) is 4.59. The van der Waals surface area contributed by atoms with Crippen LogP contribution in [0.5, 0.6) is 0 Å². The van der Waals surface area contributed by atoms with Gasteiger partial charge < -0.3 is 10.6 Å². The summed E-state index contributed by atoms with van der Waals surface area (Å²) in [5.74, 6) is 0. The summed E-state index contributed by atoms with van der Waals surface area (Å²) in [4.78, 5) is 5.11. The minimum atomic E-state index is 0.403. The molecule has 1 unspecified atom stereocenters. The molecule has 0 aliphatic carbocycles. The highest BCUT2D eigenvalue weighted by molar-refractivity contribution is 5.32. The zero-order chi connectivity index (χ0) is 13.8. The molecule has 0 saturated carbocycles. The van der Waals surface area contributed by atoms with Gasteiger partial charge in [0.1, 0.15) is 0 Å². The fraction of sp³-hybridized carbons (Fsp3) is 0.529. The summed E-state index contributed by atoms with van der Waals surface area (Å²) >= 11 is 0. The molecule has 0 aromatic heterocycles. The molecule has 1 aromatic rings. The highest BCUT2D eigenvalue weighted by Crippen LogP contribution is 2.28. The monoisotopic (exact) mass is 271 g/mol. The van der Waals surface area contributed by atoms with Gasteiger partial charge in [0.05, 0.1) is 0 Å². The van der Waals surface area contributed by atoms with E-state index in [9.17, 15) is 0 Å². The Labute approximate surface area is 122 Å². The smallest absolute Gasteiger partial charge is 0.0473 e. The van der Waals surface area contributed by atoms with E-state index in [1.54, 1.807) is 0 Å². The minimum absolute atomic E-state index is 0.403. The molecule has 1 fully saturated rings. The molecule has 2 N–H and O–H groups in total. The van der Waals surface area contributed by atoms with Crippen LogP contribution >= 0.6 is 0 Å². The van der Waals surface area contributed by atoms with Gasteiger partial charge in [-0.1, -0.05) is 24.3 Å². The number of nitrogens with zero attached hydrogens (tertiary/aromatic N) is 2. The lowest BCUT2D eigenvalue weighted by molar-refractivity contribution is 0.155. The molecule has 3 heteroatoms. The molecule has 2 aliphatic heterocycles. The van der Waals surface area contributed by atoms with Crippen molar-refractivity contribution in [2.75, 3.05) is 39.3 Å². The lowest BCUT2D eigenvalue weighted by atomic mass is 9.92. The topological polar surface area (TPSA) is 32.5 Å². The van der Waals surface area contributed by atoms with E-state index in [1.165, 1.54) is 24.1 Å². The average molecular weight is 271 g/mol. The van der Waals surface area contributed by atoms with Gasteiger partial charge >= 0.3 is 0 Å². The van der Waals surface area contributed by atoms with E-state index >= 15 is 0 Å². The highest BCUT2D eigenvalue weighted by atomic mass is 15.2. The quantitative estimate of drug-likeness (QED) is 0.904. The Morgan fingerprint density at radius 2 is 2.00 bits per heavy atom. The first-order valence-corrected chi connectivity index (χ1v) is 7.78. The van der Waals surface area contributed by atoms with Gasteiger partial charge in [-0.15, -0.1) is 0 Å². The van der Waals surface area contributed by atoms with Gasteiger partial charge in [-0.2, -0.15) is 0 Å². The van der Waals surface area contributed by atoms with Crippen molar-refractivity contribution in [3.05, 3.63) is 48.2 Å². The van der Waals surface area contributed by atoms with E-state index in [2.05, 4.69) is 46.9 Å². The van der Waals surface area contributed by atoms with Gasteiger partial charge in [0.25, 0.3) is 0 Å². The average Bonchev–Trinajstić information content (AvgIpc) is 2.53. The van der Waals surface area contributed by atoms with Crippen LogP contribution in [0.3, 0.4) is 0 Å². The Morgan fingerprint density at radius 3 is 2.80 bits per heavy atom. The van der Waals surface area contributed by atoms with Crippen molar-refractivity contribution in [3.63, 3.8) is 0 Å². The Morgan fingerprint density at radius 1 is 1.10 bits per heavy atom. The van der Waals surface area contributed by atoms with Gasteiger partial charge in [-0.3, -0.25) is 4.90 Å². The molecule has 20 heavy (non-hydrogen) atoms. The zero-order valence-electron chi connectivity index (χ0n) is 12.2. The maximum Gasteiger partial charge on any atom is 0.0473 e. The predicted octanol–water partition coefficient (Wildman–Crippen LogP) is 1.66. The molecule has 2 radical (unpaired) electrons. The summed E-state index contributed by atoms with van der Waals surface area (Å²) in [6.45, 7) is 6.46. The molecule has 1 saturated heterocycles. The van der Waals surface area contributed by atoms with E-state index in [0.717, 1.165) is 39.1 Å². The summed E-state index contributed by atoms with van der Waals surface area (Å²) in [5.41, 5.74) is 8.98. The van der Waals surface area contributed by atoms with Crippen molar-refractivity contribution < 1.29 is 0 Å². The zero-order valence-corrected chi connectivity index (χ0v) is 12.2. The Bertz CT molecular complexity index is 426. The van der Waals surface area contributed by atoms with Crippen LogP contribution in [0.2, 0.25) is 0 Å². The van der Waals surface area contributed by atoms with E-state index < -0.39 is 0 Å². The Hall–Kier alpha value is -0.900. The van der Waals surface area contributed by atoms with Crippen LogP contribution in [-0.4, -0.2) is 49.1 Å². The molecular formula is C17H25N3. The number of piperidine rings is 1. The number of nitrogens with two attached hydrogens (primary N) is 1. The first-order valence-electron chi connectivity index (χ1n) is 7.78. The summed E-state index contributed by atoms with van der Waals surface area (Å²) < 4.78 is 0. The van der Waals surface area contributed by atoms with Crippen LogP contribution in [0.1, 0.15) is 23.6 Å². The largest absolute Gasteiger partial charge is 0.329 e. The Kier molecular flexibility index (Phi) is 4.71. The van der Waals surface area contributed by atoms with Gasteiger partial charge in [-0.25, -0.2) is 0 Å². The van der Waals surface area contributed by atoms with Crippen LogP contribution in [0, 0.1) is 12.8 Å². The van der Waals surface area contributed by atoms with Crippen molar-refractivity contribution in [1.82, 2.24) is 9.80 Å². The molecule has 3 rings (SSSR count). The van der Waals surface area contributed by atoms with Crippen LogP contribution < -0.4 is 5.73 Å². The Balaban J connectivity index is 1.62. The molecule has 1 aromatic carbocycles. The van der Waals surface area contributed by atoms with Gasteiger partial charge in [0.15, 0.2) is 0 Å². The fourth-order valence-corrected chi connectivity index (χ4v) is 3.41. The van der Waals surface area contributed by atoms with Crippen LogP contribution in [0.4, 0.5) is 0 Å². The third-order valence-electron chi connectivity index (χ3n) is 4.59. The lowest BCUT2D eigenvalue weighted by Gasteiger charge is -2.38. The summed E-state index contributed by atoms with van der Waals surface area (Å²) in [5, 5.41) is 0. The molecule has 0 amide bonds. The van der Waals surface area contributed by atoms with E-state index in [4.69, 9.17) is 5.73 Å². The summed E-state index contributed by atoms with van der Waals surface area (Å²) in [6.07, 6.45) is 6.93. The number of likely N-dealkylation sites (tertiary alicyclic amines) is 1. The number of rotatable bonds is 4. The number of hydrogen-bond donors (Lipinski definition) is 1. The number of benzene rings is 1. The van der Waals surface area contributed by atoms with E-state index in [1.807, 2.05) is 0 Å². The van der Waals surface area contributed by atoms with Crippen molar-refractivity contribution in [3.8, 4) is 0 Å². The lowest BCUT2D eigenvalue weighted by Crippen LogP contribution is -2.44. The first-order chi connectivity index (χ1) is 9.88. The van der Waals surface area contributed by atoms with Crippen molar-refractivity contribution in [2.24, 2.45) is 5.73 Å². The van der Waals surface area contributed by atoms with Gasteiger partial charge in [0, 0.05) is 38.8 Å². The predicted molar refractivity (Wildman–Crippen MR) is 83.2 cm³/mol. The van der Waals surface area contributed by atoms with Gasteiger partial charge in [0.2, 0.25) is 0 Å². The van der Waals surface area contributed by atoms with Crippen LogP contribution in [-0.2, 0) is 6.42 Å². The van der Waals surface area contributed by atoms with Crippen molar-refractivity contribution in [1.29, 1.82) is 0 Å². The minimum Gasteiger partial charge on any atom is -0.329 e. The molecule has 0 bridgehead atoms. The molecule has 2 heterocycles. The second-order valence-corrected chi connectivity index (χ2v) is 5.80. The van der Waals surface area contributed by atoms with Crippen molar-refractivity contribution >= 4 is 0 Å². The number of fused-ring (bicyclic) bond motifs is 1. The second-order valence-electron chi connectivity index (χ2n) is 5.80. The summed E-state index contributed by atoms with van der Waals surface area (Å²) in [6, 6.07) is 9.19. The SMILES string of the molecule is NCC1c2ccccc2CCN1CCN1C[CH][CH]CC1. The maximum atomic E-state index is 6.05. The van der Waals surface area contributed by atoms with E-state index in [0.29, 0.717) is 6.04 Å². The van der Waals surface area contributed by atoms with E-state index in [-0.39, 0.29) is 0 Å².